The molecule has 96 valence electrons. The van der Waals surface area contributed by atoms with Crippen LogP contribution in [0.3, 0.4) is 0 Å². The number of alkyl halides is 2. The lowest BCUT2D eigenvalue weighted by atomic mass is 9.72. The van der Waals surface area contributed by atoms with Crippen LogP contribution in [0.2, 0.25) is 0 Å². The Hall–Kier alpha value is -0.180. The van der Waals surface area contributed by atoms with Gasteiger partial charge in [0.2, 0.25) is 0 Å². The predicted molar refractivity (Wildman–Crippen MR) is 63.8 cm³/mol. The molecule has 0 aromatic rings. The number of halogens is 2. The standard InChI is InChI=1S/C13H25F2N/c1-4-8-16-13(12(14)15)7-5-6-11(9-13)10(2)3/h10-12,16H,4-9H2,1-3H3. The van der Waals surface area contributed by atoms with Gasteiger partial charge in [0.1, 0.15) is 0 Å². The van der Waals surface area contributed by atoms with Crippen molar-refractivity contribution in [1.82, 2.24) is 5.32 Å². The summed E-state index contributed by atoms with van der Waals surface area (Å²) in [6.07, 6.45) is 2.00. The van der Waals surface area contributed by atoms with E-state index in [0.717, 1.165) is 19.3 Å². The summed E-state index contributed by atoms with van der Waals surface area (Å²) in [7, 11) is 0. The molecule has 0 aromatic heterocycles. The Kier molecular flexibility index (Phi) is 5.16. The number of hydrogen-bond acceptors (Lipinski definition) is 1. The smallest absolute Gasteiger partial charge is 0.256 e. The van der Waals surface area contributed by atoms with Gasteiger partial charge in [-0.05, 0) is 37.6 Å². The zero-order valence-corrected chi connectivity index (χ0v) is 10.7. The van der Waals surface area contributed by atoms with Crippen LogP contribution in [-0.4, -0.2) is 18.5 Å². The summed E-state index contributed by atoms with van der Waals surface area (Å²) in [6.45, 7) is 7.02. The van der Waals surface area contributed by atoms with Gasteiger partial charge in [0, 0.05) is 0 Å². The molecule has 0 radical (unpaired) electrons. The molecule has 1 aliphatic rings. The van der Waals surface area contributed by atoms with Crippen LogP contribution in [0, 0.1) is 11.8 Å². The van der Waals surface area contributed by atoms with Crippen molar-refractivity contribution in [3.8, 4) is 0 Å². The Bertz CT molecular complexity index is 206. The maximum Gasteiger partial charge on any atom is 0.256 e. The third kappa shape index (κ3) is 3.16. The molecule has 3 heteroatoms. The first-order chi connectivity index (χ1) is 7.52. The average Bonchev–Trinajstić information content (AvgIpc) is 2.26. The van der Waals surface area contributed by atoms with Gasteiger partial charge in [-0.2, -0.15) is 0 Å². The highest BCUT2D eigenvalue weighted by Crippen LogP contribution is 2.39. The van der Waals surface area contributed by atoms with Crippen molar-refractivity contribution in [2.45, 2.75) is 64.8 Å². The molecule has 1 saturated carbocycles. The summed E-state index contributed by atoms with van der Waals surface area (Å²) in [6, 6.07) is 0. The molecule has 1 N–H and O–H groups in total. The molecule has 0 saturated heterocycles. The molecule has 1 nitrogen and oxygen atoms in total. The van der Waals surface area contributed by atoms with E-state index < -0.39 is 12.0 Å². The van der Waals surface area contributed by atoms with Gasteiger partial charge in [-0.3, -0.25) is 0 Å². The Morgan fingerprint density at radius 3 is 2.56 bits per heavy atom. The molecule has 0 aromatic carbocycles. The number of hydrogen-bond donors (Lipinski definition) is 1. The van der Waals surface area contributed by atoms with E-state index in [4.69, 9.17) is 0 Å². The highest BCUT2D eigenvalue weighted by Gasteiger charge is 2.43. The van der Waals surface area contributed by atoms with Gasteiger partial charge in [0.15, 0.2) is 0 Å². The third-order valence-corrected chi connectivity index (χ3v) is 3.91. The molecule has 0 amide bonds. The van der Waals surface area contributed by atoms with Crippen LogP contribution in [0.15, 0.2) is 0 Å². The van der Waals surface area contributed by atoms with E-state index >= 15 is 0 Å². The fraction of sp³-hybridized carbons (Fsp3) is 1.00. The fourth-order valence-corrected chi connectivity index (χ4v) is 2.73. The minimum absolute atomic E-state index is 0.451. The lowest BCUT2D eigenvalue weighted by Gasteiger charge is -2.42. The second-order valence-corrected chi connectivity index (χ2v) is 5.48. The van der Waals surface area contributed by atoms with E-state index in [2.05, 4.69) is 19.2 Å². The van der Waals surface area contributed by atoms with E-state index in [-0.39, 0.29) is 0 Å². The van der Waals surface area contributed by atoms with Gasteiger partial charge < -0.3 is 5.32 Å². The molecular weight excluding hydrogens is 208 g/mol. The van der Waals surface area contributed by atoms with E-state index in [1.54, 1.807) is 0 Å². The van der Waals surface area contributed by atoms with Crippen LogP contribution in [-0.2, 0) is 0 Å². The maximum absolute atomic E-state index is 13.3. The zero-order valence-electron chi connectivity index (χ0n) is 10.7. The monoisotopic (exact) mass is 233 g/mol. The largest absolute Gasteiger partial charge is 0.306 e. The first-order valence-corrected chi connectivity index (χ1v) is 6.55. The summed E-state index contributed by atoms with van der Waals surface area (Å²) in [5.74, 6) is 0.967. The van der Waals surface area contributed by atoms with Crippen molar-refractivity contribution in [2.75, 3.05) is 6.54 Å². The topological polar surface area (TPSA) is 12.0 Å². The highest BCUT2D eigenvalue weighted by molar-refractivity contribution is 4.96. The van der Waals surface area contributed by atoms with Crippen molar-refractivity contribution in [2.24, 2.45) is 11.8 Å². The van der Waals surface area contributed by atoms with Crippen molar-refractivity contribution in [1.29, 1.82) is 0 Å². The lowest BCUT2D eigenvalue weighted by Crippen LogP contribution is -2.55. The predicted octanol–water partition coefficient (Wildman–Crippen LogP) is 3.84. The molecule has 2 atom stereocenters. The van der Waals surface area contributed by atoms with Crippen LogP contribution in [0.1, 0.15) is 52.9 Å². The van der Waals surface area contributed by atoms with E-state index in [1.807, 2.05) is 6.92 Å². The lowest BCUT2D eigenvalue weighted by molar-refractivity contribution is -0.0130. The minimum atomic E-state index is -2.24. The van der Waals surface area contributed by atoms with Gasteiger partial charge in [0.25, 0.3) is 6.43 Å². The van der Waals surface area contributed by atoms with Crippen molar-refractivity contribution < 1.29 is 8.78 Å². The Morgan fingerprint density at radius 2 is 2.06 bits per heavy atom. The molecule has 0 bridgehead atoms. The molecular formula is C13H25F2N. The van der Waals surface area contributed by atoms with Crippen LogP contribution in [0.4, 0.5) is 8.78 Å². The molecule has 16 heavy (non-hydrogen) atoms. The molecule has 0 spiro atoms. The summed E-state index contributed by atoms with van der Waals surface area (Å²) in [5, 5.41) is 3.12. The summed E-state index contributed by atoms with van der Waals surface area (Å²) < 4.78 is 26.5. The summed E-state index contributed by atoms with van der Waals surface area (Å²) in [5.41, 5.74) is -0.900. The SMILES string of the molecule is CCCNC1(C(F)F)CCCC(C(C)C)C1. The Labute approximate surface area is 98.0 Å². The highest BCUT2D eigenvalue weighted by atomic mass is 19.3. The molecule has 1 fully saturated rings. The van der Waals surface area contributed by atoms with Crippen molar-refractivity contribution >= 4 is 0 Å². The van der Waals surface area contributed by atoms with Gasteiger partial charge in [-0.25, -0.2) is 8.78 Å². The van der Waals surface area contributed by atoms with Gasteiger partial charge in [-0.1, -0.05) is 33.6 Å². The van der Waals surface area contributed by atoms with Gasteiger partial charge >= 0.3 is 0 Å². The van der Waals surface area contributed by atoms with E-state index in [1.165, 1.54) is 0 Å². The van der Waals surface area contributed by atoms with Crippen molar-refractivity contribution in [3.63, 3.8) is 0 Å². The minimum Gasteiger partial charge on any atom is -0.306 e. The second-order valence-electron chi connectivity index (χ2n) is 5.48. The third-order valence-electron chi connectivity index (χ3n) is 3.91. The van der Waals surface area contributed by atoms with Crippen molar-refractivity contribution in [3.05, 3.63) is 0 Å². The molecule has 1 aliphatic carbocycles. The second kappa shape index (κ2) is 5.95. The van der Waals surface area contributed by atoms with Gasteiger partial charge in [0.05, 0.1) is 5.54 Å². The molecule has 0 aliphatic heterocycles. The zero-order chi connectivity index (χ0) is 12.2. The summed E-state index contributed by atoms with van der Waals surface area (Å²) >= 11 is 0. The average molecular weight is 233 g/mol. The quantitative estimate of drug-likeness (QED) is 0.761. The maximum atomic E-state index is 13.3. The molecule has 0 heterocycles. The van der Waals surface area contributed by atoms with Crippen LogP contribution >= 0.6 is 0 Å². The summed E-state index contributed by atoms with van der Waals surface area (Å²) in [4.78, 5) is 0. The van der Waals surface area contributed by atoms with Crippen LogP contribution < -0.4 is 5.32 Å². The normalized spacial score (nSPS) is 31.3. The first kappa shape index (κ1) is 13.9. The molecule has 2 unspecified atom stereocenters. The first-order valence-electron chi connectivity index (χ1n) is 6.55. The van der Waals surface area contributed by atoms with Gasteiger partial charge in [-0.15, -0.1) is 0 Å². The molecule has 1 rings (SSSR count). The van der Waals surface area contributed by atoms with Crippen LogP contribution in [0.5, 0.6) is 0 Å². The van der Waals surface area contributed by atoms with Crippen LogP contribution in [0.25, 0.3) is 0 Å². The number of rotatable bonds is 5. The number of nitrogens with one attached hydrogen (secondary N) is 1. The Morgan fingerprint density at radius 1 is 1.38 bits per heavy atom. The Balaban J connectivity index is 2.68. The van der Waals surface area contributed by atoms with E-state index in [9.17, 15) is 8.78 Å². The van der Waals surface area contributed by atoms with E-state index in [0.29, 0.717) is 31.2 Å². The fourth-order valence-electron chi connectivity index (χ4n) is 2.73.